The number of amides is 1. The van der Waals surface area contributed by atoms with Crippen LogP contribution in [0.5, 0.6) is 5.75 Å². The van der Waals surface area contributed by atoms with Gasteiger partial charge in [0.25, 0.3) is 5.91 Å². The van der Waals surface area contributed by atoms with Gasteiger partial charge >= 0.3 is 5.97 Å². The minimum atomic E-state index is -0.371. The maximum Gasteiger partial charge on any atom is 0.341 e. The van der Waals surface area contributed by atoms with Crippen LogP contribution >= 0.6 is 43.2 Å². The second kappa shape index (κ2) is 9.41. The number of benzene rings is 1. The summed E-state index contributed by atoms with van der Waals surface area (Å²) in [6.07, 6.45) is 3.92. The fourth-order valence-corrected chi connectivity index (χ4v) is 6.09. The molecule has 2 aromatic rings. The van der Waals surface area contributed by atoms with Crippen LogP contribution in [0, 0.1) is 6.92 Å². The number of aryl methyl sites for hydroxylation is 2. The van der Waals surface area contributed by atoms with Gasteiger partial charge in [-0.2, -0.15) is 0 Å². The van der Waals surface area contributed by atoms with Crippen LogP contribution in [0.3, 0.4) is 0 Å². The van der Waals surface area contributed by atoms with E-state index in [9.17, 15) is 9.59 Å². The van der Waals surface area contributed by atoms with E-state index in [2.05, 4.69) is 37.2 Å². The molecule has 1 heterocycles. The van der Waals surface area contributed by atoms with Gasteiger partial charge < -0.3 is 14.8 Å². The summed E-state index contributed by atoms with van der Waals surface area (Å²) in [5.74, 6) is -0.0579. The van der Waals surface area contributed by atoms with Gasteiger partial charge in [-0.15, -0.1) is 11.3 Å². The van der Waals surface area contributed by atoms with Gasteiger partial charge in [0, 0.05) is 9.35 Å². The first-order valence-corrected chi connectivity index (χ1v) is 11.5. The van der Waals surface area contributed by atoms with Crippen LogP contribution in [-0.4, -0.2) is 25.1 Å². The summed E-state index contributed by atoms with van der Waals surface area (Å²) in [5.41, 5.74) is 2.45. The van der Waals surface area contributed by atoms with Crippen LogP contribution in [0.2, 0.25) is 0 Å². The second-order valence-corrected chi connectivity index (χ2v) is 9.38. The van der Waals surface area contributed by atoms with E-state index < -0.39 is 0 Å². The summed E-state index contributed by atoms with van der Waals surface area (Å²) in [6.45, 7) is 3.85. The smallest absolute Gasteiger partial charge is 0.341 e. The van der Waals surface area contributed by atoms with Crippen LogP contribution in [0.1, 0.15) is 46.1 Å². The third kappa shape index (κ3) is 4.78. The SMILES string of the molecule is CCOC(=O)c1c(NC(=O)COc2c(C)cc(Br)cc2Br)sc2c1CCCC2. The predicted molar refractivity (Wildman–Crippen MR) is 118 cm³/mol. The van der Waals surface area contributed by atoms with Gasteiger partial charge in [0.05, 0.1) is 16.6 Å². The van der Waals surface area contributed by atoms with Gasteiger partial charge in [-0.3, -0.25) is 4.79 Å². The number of carbonyl (C=O) groups is 2. The summed E-state index contributed by atoms with van der Waals surface area (Å²) in [6, 6.07) is 3.79. The number of fused-ring (bicyclic) bond motifs is 1. The van der Waals surface area contributed by atoms with Crippen molar-refractivity contribution in [2.75, 3.05) is 18.5 Å². The molecule has 3 rings (SSSR count). The summed E-state index contributed by atoms with van der Waals surface area (Å²) < 4.78 is 12.6. The molecule has 0 spiro atoms. The van der Waals surface area contributed by atoms with E-state index in [-0.39, 0.29) is 18.5 Å². The molecular formula is C20H21Br2NO4S. The molecule has 1 aliphatic carbocycles. The number of esters is 1. The number of thiophene rings is 1. The topological polar surface area (TPSA) is 64.6 Å². The Morgan fingerprint density at radius 1 is 1.21 bits per heavy atom. The lowest BCUT2D eigenvalue weighted by molar-refractivity contribution is -0.118. The van der Waals surface area contributed by atoms with E-state index in [1.165, 1.54) is 11.3 Å². The molecule has 0 fully saturated rings. The maximum atomic E-state index is 12.5. The highest BCUT2D eigenvalue weighted by atomic mass is 79.9. The fourth-order valence-electron chi connectivity index (χ4n) is 3.25. The normalized spacial score (nSPS) is 13.0. The summed E-state index contributed by atoms with van der Waals surface area (Å²) >= 11 is 8.35. The highest BCUT2D eigenvalue weighted by Crippen LogP contribution is 2.38. The molecule has 1 amide bonds. The molecule has 150 valence electrons. The Labute approximate surface area is 185 Å². The molecule has 0 radical (unpaired) electrons. The Morgan fingerprint density at radius 2 is 1.96 bits per heavy atom. The molecule has 1 aromatic heterocycles. The van der Waals surface area contributed by atoms with Crippen molar-refractivity contribution in [3.05, 3.63) is 42.6 Å². The molecule has 1 aromatic carbocycles. The van der Waals surface area contributed by atoms with Gasteiger partial charge in [0.15, 0.2) is 6.61 Å². The van der Waals surface area contributed by atoms with Crippen molar-refractivity contribution in [1.29, 1.82) is 0 Å². The van der Waals surface area contributed by atoms with Gasteiger partial charge in [-0.05, 0) is 78.7 Å². The lowest BCUT2D eigenvalue weighted by Gasteiger charge is -2.13. The predicted octanol–water partition coefficient (Wildman–Crippen LogP) is 5.65. The average molecular weight is 531 g/mol. The van der Waals surface area contributed by atoms with E-state index in [0.29, 0.717) is 22.9 Å². The number of hydrogen-bond acceptors (Lipinski definition) is 5. The average Bonchev–Trinajstić information content (AvgIpc) is 2.98. The third-order valence-corrected chi connectivity index (χ3v) is 6.70. The molecule has 5 nitrogen and oxygen atoms in total. The molecule has 0 saturated carbocycles. The standard InChI is InChI=1S/C20H21Br2NO4S/c1-3-26-20(25)17-13-6-4-5-7-15(13)28-19(17)23-16(24)10-27-18-11(2)8-12(21)9-14(18)22/h8-9H,3-7,10H2,1-2H3,(H,23,24). The zero-order valence-corrected chi connectivity index (χ0v) is 19.7. The molecule has 0 saturated heterocycles. The summed E-state index contributed by atoms with van der Waals surface area (Å²) in [4.78, 5) is 26.2. The Kier molecular flexibility index (Phi) is 7.17. The number of nitrogens with one attached hydrogen (secondary N) is 1. The van der Waals surface area contributed by atoms with Crippen LogP contribution < -0.4 is 10.1 Å². The second-order valence-electron chi connectivity index (χ2n) is 6.51. The molecule has 0 atom stereocenters. The van der Waals surface area contributed by atoms with Crippen LogP contribution in [-0.2, 0) is 22.4 Å². The largest absolute Gasteiger partial charge is 0.482 e. The monoisotopic (exact) mass is 529 g/mol. The molecule has 1 aliphatic rings. The minimum absolute atomic E-state index is 0.147. The van der Waals surface area contributed by atoms with Crippen molar-refractivity contribution in [1.82, 2.24) is 0 Å². The van der Waals surface area contributed by atoms with Crippen LogP contribution in [0.4, 0.5) is 5.00 Å². The molecular weight excluding hydrogens is 510 g/mol. The molecule has 28 heavy (non-hydrogen) atoms. The summed E-state index contributed by atoms with van der Waals surface area (Å²) in [5, 5.41) is 3.42. The Morgan fingerprint density at radius 3 is 2.68 bits per heavy atom. The molecule has 0 bridgehead atoms. The summed E-state index contributed by atoms with van der Waals surface area (Å²) in [7, 11) is 0. The maximum absolute atomic E-state index is 12.5. The first-order valence-electron chi connectivity index (χ1n) is 9.10. The van der Waals surface area contributed by atoms with Gasteiger partial charge in [-0.1, -0.05) is 15.9 Å². The number of halogens is 2. The molecule has 0 aliphatic heterocycles. The lowest BCUT2D eigenvalue weighted by atomic mass is 9.95. The number of hydrogen-bond donors (Lipinski definition) is 1. The Hall–Kier alpha value is -1.38. The van der Waals surface area contributed by atoms with Gasteiger partial charge in [0.1, 0.15) is 10.8 Å². The van der Waals surface area contributed by atoms with Crippen molar-refractivity contribution < 1.29 is 19.1 Å². The Bertz CT molecular complexity index is 887. The lowest BCUT2D eigenvalue weighted by Crippen LogP contribution is -2.21. The van der Waals surface area contributed by atoms with E-state index >= 15 is 0 Å². The van der Waals surface area contributed by atoms with E-state index in [0.717, 1.165) is 50.6 Å². The molecule has 0 unspecified atom stereocenters. The minimum Gasteiger partial charge on any atom is -0.482 e. The number of ether oxygens (including phenoxy) is 2. The molecule has 1 N–H and O–H groups in total. The fraction of sp³-hybridized carbons (Fsp3) is 0.400. The number of anilines is 1. The zero-order chi connectivity index (χ0) is 20.3. The van der Waals surface area contributed by atoms with Crippen LogP contribution in [0.15, 0.2) is 21.1 Å². The van der Waals surface area contributed by atoms with Crippen molar-refractivity contribution in [2.45, 2.75) is 39.5 Å². The first-order chi connectivity index (χ1) is 13.4. The van der Waals surface area contributed by atoms with Crippen molar-refractivity contribution in [3.63, 3.8) is 0 Å². The number of rotatable bonds is 6. The van der Waals surface area contributed by atoms with Crippen molar-refractivity contribution in [3.8, 4) is 5.75 Å². The quantitative estimate of drug-likeness (QED) is 0.490. The highest BCUT2D eigenvalue weighted by Gasteiger charge is 2.27. The Balaban J connectivity index is 1.75. The highest BCUT2D eigenvalue weighted by molar-refractivity contribution is 9.11. The third-order valence-electron chi connectivity index (χ3n) is 4.45. The first kappa shape index (κ1) is 21.3. The van der Waals surface area contributed by atoms with Gasteiger partial charge in [-0.25, -0.2) is 4.79 Å². The zero-order valence-electron chi connectivity index (χ0n) is 15.7. The van der Waals surface area contributed by atoms with Crippen LogP contribution in [0.25, 0.3) is 0 Å². The number of carbonyl (C=O) groups excluding carboxylic acids is 2. The van der Waals surface area contributed by atoms with E-state index in [4.69, 9.17) is 9.47 Å². The van der Waals surface area contributed by atoms with Crippen molar-refractivity contribution >= 4 is 60.1 Å². The van der Waals surface area contributed by atoms with Gasteiger partial charge in [0.2, 0.25) is 0 Å². The van der Waals surface area contributed by atoms with E-state index in [1.807, 2.05) is 19.1 Å². The van der Waals surface area contributed by atoms with Crippen molar-refractivity contribution in [2.24, 2.45) is 0 Å². The van der Waals surface area contributed by atoms with E-state index in [1.54, 1.807) is 6.92 Å². The molecule has 8 heteroatoms.